The molecular weight excluding hydrogens is 328 g/mol. The van der Waals surface area contributed by atoms with Gasteiger partial charge in [-0.3, -0.25) is 9.36 Å². The van der Waals surface area contributed by atoms with E-state index in [4.69, 9.17) is 4.74 Å². The van der Waals surface area contributed by atoms with Crippen molar-refractivity contribution in [1.29, 1.82) is 0 Å². The molecule has 0 aliphatic heterocycles. The summed E-state index contributed by atoms with van der Waals surface area (Å²) >= 11 is 3.07. The highest BCUT2D eigenvalue weighted by atomic mass is 32.2. The predicted molar refractivity (Wildman–Crippen MR) is 96.6 cm³/mol. The number of fused-ring (bicyclic) bond motifs is 1. The summed E-state index contributed by atoms with van der Waals surface area (Å²) in [5, 5.41) is 2.69. The van der Waals surface area contributed by atoms with Crippen molar-refractivity contribution in [1.82, 2.24) is 9.55 Å². The van der Waals surface area contributed by atoms with Crippen LogP contribution in [0.15, 0.2) is 51.7 Å². The first-order valence-corrected chi connectivity index (χ1v) is 9.30. The first kappa shape index (κ1) is 16.2. The van der Waals surface area contributed by atoms with E-state index in [1.165, 1.54) is 16.9 Å². The summed E-state index contributed by atoms with van der Waals surface area (Å²) in [4.78, 5) is 17.3. The molecule has 2 heterocycles. The van der Waals surface area contributed by atoms with Gasteiger partial charge in [-0.1, -0.05) is 42.1 Å². The van der Waals surface area contributed by atoms with E-state index in [1.807, 2.05) is 29.6 Å². The van der Waals surface area contributed by atoms with Gasteiger partial charge in [-0.25, -0.2) is 4.98 Å². The third-order valence-corrected chi connectivity index (χ3v) is 5.38. The standard InChI is InChI=1S/C17H18N2O2S2/c1-21-10-9-19-16(20)15-14(8-12-22-15)18-17(19)23-11-7-13-5-3-2-4-6-13/h2-6,8,12H,7,9-11H2,1H3. The number of aryl methyl sites for hydroxylation is 1. The molecule has 0 N–H and O–H groups in total. The maximum absolute atomic E-state index is 12.6. The summed E-state index contributed by atoms with van der Waals surface area (Å²) in [6.45, 7) is 1.04. The molecule has 0 amide bonds. The number of thiophene rings is 1. The molecule has 0 spiro atoms. The van der Waals surface area contributed by atoms with Crippen molar-refractivity contribution >= 4 is 33.3 Å². The van der Waals surface area contributed by atoms with Crippen LogP contribution in [0.1, 0.15) is 5.56 Å². The Bertz CT molecular complexity index is 827. The van der Waals surface area contributed by atoms with Crippen molar-refractivity contribution in [2.24, 2.45) is 0 Å². The average Bonchev–Trinajstić information content (AvgIpc) is 3.04. The number of rotatable bonds is 7. The molecule has 1 aromatic carbocycles. The normalized spacial score (nSPS) is 11.2. The number of benzene rings is 1. The molecule has 3 rings (SSSR count). The lowest BCUT2D eigenvalue weighted by Crippen LogP contribution is -2.24. The van der Waals surface area contributed by atoms with E-state index in [1.54, 1.807) is 23.4 Å². The zero-order valence-electron chi connectivity index (χ0n) is 12.9. The maximum Gasteiger partial charge on any atom is 0.272 e. The zero-order chi connectivity index (χ0) is 16.1. The third-order valence-electron chi connectivity index (χ3n) is 3.51. The van der Waals surface area contributed by atoms with Crippen LogP contribution in [0.5, 0.6) is 0 Å². The Morgan fingerprint density at radius 2 is 2.09 bits per heavy atom. The summed E-state index contributed by atoms with van der Waals surface area (Å²) in [7, 11) is 1.64. The van der Waals surface area contributed by atoms with Gasteiger partial charge in [-0.15, -0.1) is 11.3 Å². The average molecular weight is 346 g/mol. The van der Waals surface area contributed by atoms with Crippen LogP contribution in [0.25, 0.3) is 10.2 Å². The quantitative estimate of drug-likeness (QED) is 0.486. The second-order valence-corrected chi connectivity index (χ2v) is 7.04. The number of methoxy groups -OCH3 is 1. The zero-order valence-corrected chi connectivity index (χ0v) is 14.5. The van der Waals surface area contributed by atoms with Crippen molar-refractivity contribution in [3.63, 3.8) is 0 Å². The van der Waals surface area contributed by atoms with Crippen LogP contribution >= 0.6 is 23.1 Å². The topological polar surface area (TPSA) is 44.1 Å². The van der Waals surface area contributed by atoms with Crippen molar-refractivity contribution in [3.05, 3.63) is 57.7 Å². The molecule has 4 nitrogen and oxygen atoms in total. The molecular formula is C17H18N2O2S2. The van der Waals surface area contributed by atoms with Crippen LogP contribution in [0.3, 0.4) is 0 Å². The van der Waals surface area contributed by atoms with Gasteiger partial charge in [0.15, 0.2) is 5.16 Å². The summed E-state index contributed by atoms with van der Waals surface area (Å²) < 4.78 is 7.58. The van der Waals surface area contributed by atoms with Crippen molar-refractivity contribution < 1.29 is 4.74 Å². The van der Waals surface area contributed by atoms with Crippen LogP contribution in [0.4, 0.5) is 0 Å². The number of hydrogen-bond acceptors (Lipinski definition) is 5. The molecule has 0 aliphatic carbocycles. The number of thioether (sulfide) groups is 1. The third kappa shape index (κ3) is 3.83. The van der Waals surface area contributed by atoms with Crippen molar-refractivity contribution in [2.45, 2.75) is 18.1 Å². The Morgan fingerprint density at radius 1 is 1.26 bits per heavy atom. The first-order valence-electron chi connectivity index (χ1n) is 7.43. The summed E-state index contributed by atoms with van der Waals surface area (Å²) in [6, 6.07) is 12.3. The molecule has 0 radical (unpaired) electrons. The molecule has 0 atom stereocenters. The van der Waals surface area contributed by atoms with Gasteiger partial charge in [0.1, 0.15) is 4.70 Å². The second-order valence-electron chi connectivity index (χ2n) is 5.06. The Labute approximate surface area is 143 Å². The van der Waals surface area contributed by atoms with Crippen LogP contribution in [-0.4, -0.2) is 29.0 Å². The highest BCUT2D eigenvalue weighted by Gasteiger charge is 2.12. The first-order chi connectivity index (χ1) is 11.3. The van der Waals surface area contributed by atoms with E-state index in [2.05, 4.69) is 17.1 Å². The Hall–Kier alpha value is -1.63. The van der Waals surface area contributed by atoms with E-state index >= 15 is 0 Å². The number of aromatic nitrogens is 2. The largest absolute Gasteiger partial charge is 0.383 e. The fourth-order valence-electron chi connectivity index (χ4n) is 2.32. The van der Waals surface area contributed by atoms with Crippen LogP contribution in [0.2, 0.25) is 0 Å². The molecule has 23 heavy (non-hydrogen) atoms. The molecule has 0 fully saturated rings. The van der Waals surface area contributed by atoms with Gasteiger partial charge in [0.2, 0.25) is 0 Å². The monoisotopic (exact) mass is 346 g/mol. The minimum Gasteiger partial charge on any atom is -0.383 e. The fraction of sp³-hybridized carbons (Fsp3) is 0.294. The Morgan fingerprint density at radius 3 is 2.87 bits per heavy atom. The maximum atomic E-state index is 12.6. The fourth-order valence-corrected chi connectivity index (χ4v) is 4.11. The molecule has 2 aromatic heterocycles. The Kier molecular flexibility index (Phi) is 5.48. The van der Waals surface area contributed by atoms with Crippen molar-refractivity contribution in [3.8, 4) is 0 Å². The second kappa shape index (κ2) is 7.77. The lowest BCUT2D eigenvalue weighted by atomic mass is 10.2. The molecule has 0 saturated carbocycles. The van der Waals surface area contributed by atoms with Gasteiger partial charge >= 0.3 is 0 Å². The molecule has 0 unspecified atom stereocenters. The van der Waals surface area contributed by atoms with E-state index in [0.717, 1.165) is 22.8 Å². The summed E-state index contributed by atoms with van der Waals surface area (Å²) in [6.07, 6.45) is 0.952. The van der Waals surface area contributed by atoms with E-state index in [0.29, 0.717) is 17.9 Å². The predicted octanol–water partition coefficient (Wildman–Crippen LogP) is 3.44. The molecule has 0 bridgehead atoms. The van der Waals surface area contributed by atoms with Gasteiger partial charge in [0.25, 0.3) is 5.56 Å². The number of hydrogen-bond donors (Lipinski definition) is 0. The molecule has 0 saturated heterocycles. The SMILES string of the molecule is COCCn1c(SCCc2ccccc2)nc2ccsc2c1=O. The summed E-state index contributed by atoms with van der Waals surface area (Å²) in [5.74, 6) is 0.888. The molecule has 3 aromatic rings. The molecule has 6 heteroatoms. The lowest BCUT2D eigenvalue weighted by Gasteiger charge is -2.11. The van der Waals surface area contributed by atoms with E-state index in [-0.39, 0.29) is 5.56 Å². The number of nitrogens with zero attached hydrogens (tertiary/aromatic N) is 2. The summed E-state index contributed by atoms with van der Waals surface area (Å²) in [5.41, 5.74) is 2.11. The highest BCUT2D eigenvalue weighted by molar-refractivity contribution is 7.99. The minimum atomic E-state index is 0.0317. The van der Waals surface area contributed by atoms with Gasteiger partial charge in [0.05, 0.1) is 18.7 Å². The molecule has 120 valence electrons. The highest BCUT2D eigenvalue weighted by Crippen LogP contribution is 2.21. The Balaban J connectivity index is 1.81. The van der Waals surface area contributed by atoms with E-state index < -0.39 is 0 Å². The van der Waals surface area contributed by atoms with Crippen molar-refractivity contribution in [2.75, 3.05) is 19.5 Å². The molecule has 0 aliphatic rings. The minimum absolute atomic E-state index is 0.0317. The van der Waals surface area contributed by atoms with E-state index in [9.17, 15) is 4.79 Å². The van der Waals surface area contributed by atoms with Gasteiger partial charge in [-0.2, -0.15) is 0 Å². The van der Waals surface area contributed by atoms with Gasteiger partial charge in [0, 0.05) is 12.9 Å². The van der Waals surface area contributed by atoms with Crippen LogP contribution in [-0.2, 0) is 17.7 Å². The van der Waals surface area contributed by atoms with Crippen LogP contribution < -0.4 is 5.56 Å². The van der Waals surface area contributed by atoms with Gasteiger partial charge in [-0.05, 0) is 23.4 Å². The van der Waals surface area contributed by atoms with Crippen LogP contribution in [0, 0.1) is 0 Å². The van der Waals surface area contributed by atoms with Gasteiger partial charge < -0.3 is 4.74 Å². The smallest absolute Gasteiger partial charge is 0.272 e. The number of ether oxygens (including phenoxy) is 1. The lowest BCUT2D eigenvalue weighted by molar-refractivity contribution is 0.183.